The molecule has 31 heavy (non-hydrogen) atoms. The summed E-state index contributed by atoms with van der Waals surface area (Å²) in [5.41, 5.74) is 5.50. The number of rotatable bonds is 11. The van der Waals surface area contributed by atoms with Crippen LogP contribution in [-0.2, 0) is 24.1 Å². The Morgan fingerprint density at radius 1 is 1.03 bits per heavy atom. The number of aryl methyl sites for hydroxylation is 1. The van der Waals surface area contributed by atoms with Crippen molar-refractivity contribution < 1.29 is 14.3 Å². The van der Waals surface area contributed by atoms with Crippen molar-refractivity contribution in [2.75, 3.05) is 31.6 Å². The summed E-state index contributed by atoms with van der Waals surface area (Å²) >= 11 is 0. The summed E-state index contributed by atoms with van der Waals surface area (Å²) in [6.07, 6.45) is 6.79. The number of amides is 1. The summed E-state index contributed by atoms with van der Waals surface area (Å²) in [5, 5.41) is 3.49. The third kappa shape index (κ3) is 4.99. The summed E-state index contributed by atoms with van der Waals surface area (Å²) in [5.74, 6) is 1.41. The number of ether oxygens (including phenoxy) is 1. The van der Waals surface area contributed by atoms with Crippen LogP contribution in [0.15, 0.2) is 36.4 Å². The van der Waals surface area contributed by atoms with E-state index in [9.17, 15) is 9.59 Å². The number of anilines is 1. The Labute approximate surface area is 184 Å². The molecular weight excluding hydrogens is 388 g/mol. The van der Waals surface area contributed by atoms with Gasteiger partial charge in [0.05, 0.1) is 12.8 Å². The number of hydrogen-bond donors (Lipinski definition) is 1. The zero-order valence-corrected chi connectivity index (χ0v) is 18.4. The molecule has 1 N–H and O–H groups in total. The average Bonchev–Trinajstić information content (AvgIpc) is 3.23. The third-order valence-corrected chi connectivity index (χ3v) is 6.39. The smallest absolute Gasteiger partial charge is 0.227 e. The topological polar surface area (TPSA) is 58.6 Å². The molecule has 2 aliphatic rings. The van der Waals surface area contributed by atoms with Gasteiger partial charge in [-0.25, -0.2) is 0 Å². The zero-order chi connectivity index (χ0) is 21.6. The van der Waals surface area contributed by atoms with Gasteiger partial charge in [0.1, 0.15) is 5.75 Å². The van der Waals surface area contributed by atoms with Crippen LogP contribution in [0.25, 0.3) is 0 Å². The molecule has 0 aromatic heterocycles. The van der Waals surface area contributed by atoms with E-state index >= 15 is 0 Å². The van der Waals surface area contributed by atoms with Gasteiger partial charge in [-0.15, -0.1) is 0 Å². The van der Waals surface area contributed by atoms with Crippen molar-refractivity contribution in [3.05, 3.63) is 58.7 Å². The fourth-order valence-electron chi connectivity index (χ4n) is 4.73. The number of methoxy groups -OCH3 is 1. The highest BCUT2D eigenvalue weighted by molar-refractivity contribution is 6.02. The van der Waals surface area contributed by atoms with Gasteiger partial charge in [-0.3, -0.25) is 9.59 Å². The van der Waals surface area contributed by atoms with Crippen molar-refractivity contribution in [1.82, 2.24) is 5.32 Å². The van der Waals surface area contributed by atoms with Crippen molar-refractivity contribution in [3.8, 4) is 5.75 Å². The number of Topliss-reactive ketones (excluding diaryl/α,β-unsaturated/α-hetero) is 1. The lowest BCUT2D eigenvalue weighted by Gasteiger charge is -2.25. The summed E-state index contributed by atoms with van der Waals surface area (Å²) in [7, 11) is 1.71. The highest BCUT2D eigenvalue weighted by Gasteiger charge is 2.31. The number of ketones is 1. The Balaban J connectivity index is 1.16. The van der Waals surface area contributed by atoms with Gasteiger partial charge in [0.25, 0.3) is 0 Å². The molecule has 0 saturated heterocycles. The first kappa shape index (κ1) is 21.6. The minimum atomic E-state index is 0.224. The predicted octanol–water partition coefficient (Wildman–Crippen LogP) is 4.11. The first-order valence-electron chi connectivity index (χ1n) is 11.5. The van der Waals surface area contributed by atoms with Crippen LogP contribution in [0.4, 0.5) is 5.69 Å². The largest absolute Gasteiger partial charge is 0.496 e. The van der Waals surface area contributed by atoms with E-state index < -0.39 is 0 Å². The molecule has 5 nitrogen and oxygen atoms in total. The van der Waals surface area contributed by atoms with Crippen LogP contribution >= 0.6 is 0 Å². The monoisotopic (exact) mass is 420 g/mol. The fraction of sp³-hybridized carbons (Fsp3) is 0.462. The molecule has 4 rings (SSSR count). The summed E-state index contributed by atoms with van der Waals surface area (Å²) in [4.78, 5) is 26.7. The quantitative estimate of drug-likeness (QED) is 0.439. The SMILES string of the molecule is COc1ccccc1CCNCCCCCC(=O)c1cc2c3c(c1)CCN3C(=O)CC2. The number of benzene rings is 2. The lowest BCUT2D eigenvalue weighted by atomic mass is 9.94. The van der Waals surface area contributed by atoms with Gasteiger partial charge in [-0.1, -0.05) is 24.6 Å². The molecule has 0 fully saturated rings. The number of para-hydroxylation sites is 1. The molecule has 0 bridgehead atoms. The number of nitrogens with one attached hydrogen (secondary N) is 1. The summed E-state index contributed by atoms with van der Waals surface area (Å²) in [6.45, 7) is 2.66. The van der Waals surface area contributed by atoms with Gasteiger partial charge in [0.2, 0.25) is 5.91 Å². The van der Waals surface area contributed by atoms with Gasteiger partial charge in [-0.2, -0.15) is 0 Å². The Hall–Kier alpha value is -2.66. The number of unbranched alkanes of at least 4 members (excludes halogenated alkanes) is 2. The molecule has 2 heterocycles. The normalized spacial score (nSPS) is 14.6. The van der Waals surface area contributed by atoms with Crippen molar-refractivity contribution in [2.45, 2.75) is 51.4 Å². The van der Waals surface area contributed by atoms with Crippen molar-refractivity contribution in [3.63, 3.8) is 0 Å². The second-order valence-electron chi connectivity index (χ2n) is 8.48. The van der Waals surface area contributed by atoms with Crippen LogP contribution in [0.5, 0.6) is 5.75 Å². The molecule has 5 heteroatoms. The van der Waals surface area contributed by atoms with Crippen LogP contribution in [0.3, 0.4) is 0 Å². The van der Waals surface area contributed by atoms with Gasteiger partial charge in [0, 0.05) is 24.9 Å². The molecule has 0 unspecified atom stereocenters. The van der Waals surface area contributed by atoms with E-state index in [0.717, 1.165) is 75.2 Å². The van der Waals surface area contributed by atoms with Crippen LogP contribution < -0.4 is 15.0 Å². The minimum absolute atomic E-state index is 0.224. The van der Waals surface area contributed by atoms with Gasteiger partial charge in [0.15, 0.2) is 5.78 Å². The highest BCUT2D eigenvalue weighted by atomic mass is 16.5. The molecule has 0 aliphatic carbocycles. The number of carbonyl (C=O) groups is 2. The van der Waals surface area contributed by atoms with Gasteiger partial charge in [-0.05, 0) is 80.1 Å². The molecule has 2 aliphatic heterocycles. The van der Waals surface area contributed by atoms with Crippen LogP contribution in [0.1, 0.15) is 59.2 Å². The average molecular weight is 421 g/mol. The molecule has 1 amide bonds. The molecule has 0 spiro atoms. The van der Waals surface area contributed by atoms with Gasteiger partial charge < -0.3 is 15.0 Å². The molecule has 2 aromatic carbocycles. The molecular formula is C26H32N2O3. The fourth-order valence-corrected chi connectivity index (χ4v) is 4.73. The standard InChI is InChI=1S/C26H32N2O3/c1-31-24-9-5-4-7-19(24)12-15-27-14-6-2-3-8-23(29)22-17-20-10-11-25(30)28-16-13-21(18-22)26(20)28/h4-5,7,9,17-18,27H,2-3,6,8,10-16H2,1H3. The first-order chi connectivity index (χ1) is 15.2. The molecule has 0 radical (unpaired) electrons. The van der Waals surface area contributed by atoms with Crippen LogP contribution in [0, 0.1) is 0 Å². The predicted molar refractivity (Wildman–Crippen MR) is 123 cm³/mol. The highest BCUT2D eigenvalue weighted by Crippen LogP contribution is 2.37. The first-order valence-corrected chi connectivity index (χ1v) is 11.5. The van der Waals surface area contributed by atoms with Gasteiger partial charge >= 0.3 is 0 Å². The van der Waals surface area contributed by atoms with E-state index in [2.05, 4.69) is 11.4 Å². The molecule has 164 valence electrons. The van der Waals surface area contributed by atoms with E-state index in [-0.39, 0.29) is 11.7 Å². The number of carbonyl (C=O) groups excluding carboxylic acids is 2. The van der Waals surface area contributed by atoms with E-state index in [1.54, 1.807) is 7.11 Å². The Bertz CT molecular complexity index is 954. The second-order valence-corrected chi connectivity index (χ2v) is 8.48. The summed E-state index contributed by atoms with van der Waals surface area (Å²) < 4.78 is 5.39. The summed E-state index contributed by atoms with van der Waals surface area (Å²) in [6, 6.07) is 12.2. The third-order valence-electron chi connectivity index (χ3n) is 6.39. The molecule has 2 aromatic rings. The minimum Gasteiger partial charge on any atom is -0.496 e. The van der Waals surface area contributed by atoms with Crippen LogP contribution in [0.2, 0.25) is 0 Å². The Morgan fingerprint density at radius 2 is 1.84 bits per heavy atom. The second kappa shape index (κ2) is 10.1. The maximum absolute atomic E-state index is 12.7. The maximum atomic E-state index is 12.7. The lowest BCUT2D eigenvalue weighted by Crippen LogP contribution is -2.32. The number of nitrogens with zero attached hydrogens (tertiary/aromatic N) is 1. The van der Waals surface area contributed by atoms with Crippen LogP contribution in [-0.4, -0.2) is 38.4 Å². The lowest BCUT2D eigenvalue weighted by molar-refractivity contribution is -0.118. The van der Waals surface area contributed by atoms with E-state index in [0.29, 0.717) is 12.8 Å². The molecule has 0 atom stereocenters. The van der Waals surface area contributed by atoms with E-state index in [4.69, 9.17) is 4.74 Å². The number of hydrogen-bond acceptors (Lipinski definition) is 4. The van der Waals surface area contributed by atoms with Crippen molar-refractivity contribution in [1.29, 1.82) is 0 Å². The van der Waals surface area contributed by atoms with Crippen molar-refractivity contribution >= 4 is 17.4 Å². The Kier molecular flexibility index (Phi) is 7.03. The Morgan fingerprint density at radius 3 is 2.68 bits per heavy atom. The maximum Gasteiger partial charge on any atom is 0.227 e. The van der Waals surface area contributed by atoms with Crippen molar-refractivity contribution in [2.24, 2.45) is 0 Å². The zero-order valence-electron chi connectivity index (χ0n) is 18.4. The molecule has 0 saturated carbocycles. The van der Waals surface area contributed by atoms with E-state index in [1.165, 1.54) is 16.7 Å². The van der Waals surface area contributed by atoms with E-state index in [1.807, 2.05) is 35.2 Å².